The summed E-state index contributed by atoms with van der Waals surface area (Å²) in [7, 11) is 0. The Labute approximate surface area is 121 Å². The summed E-state index contributed by atoms with van der Waals surface area (Å²) >= 11 is 17.9. The van der Waals surface area contributed by atoms with Crippen molar-refractivity contribution in [3.05, 3.63) is 68.2 Å². The fraction of sp³-hybridized carbons (Fsp3) is 0.143. The Hall–Kier alpha value is -0.730. The summed E-state index contributed by atoms with van der Waals surface area (Å²) in [5.74, 6) is 0. The Kier molecular flexibility index (Phi) is 4.18. The van der Waals surface area contributed by atoms with Crippen LogP contribution < -0.4 is 5.73 Å². The Morgan fingerprint density at radius 3 is 2.33 bits per heavy atom. The molecule has 0 bridgehead atoms. The molecular formula is C14H12Cl3N. The van der Waals surface area contributed by atoms with Gasteiger partial charge < -0.3 is 5.73 Å². The van der Waals surface area contributed by atoms with Crippen LogP contribution in [0.1, 0.15) is 22.7 Å². The van der Waals surface area contributed by atoms with Crippen LogP contribution in [0.2, 0.25) is 15.1 Å². The Balaban J connectivity index is 2.44. The van der Waals surface area contributed by atoms with Gasteiger partial charge in [-0.1, -0.05) is 46.9 Å². The molecule has 0 saturated heterocycles. The summed E-state index contributed by atoms with van der Waals surface area (Å²) in [6, 6.07) is 10.8. The molecule has 2 N–H and O–H groups in total. The maximum absolute atomic E-state index is 6.24. The largest absolute Gasteiger partial charge is 0.320 e. The molecule has 4 heteroatoms. The van der Waals surface area contributed by atoms with Crippen molar-refractivity contribution in [3.63, 3.8) is 0 Å². The van der Waals surface area contributed by atoms with Crippen LogP contribution in [-0.2, 0) is 0 Å². The topological polar surface area (TPSA) is 26.0 Å². The second kappa shape index (κ2) is 5.50. The number of hydrogen-bond donors (Lipinski definition) is 1. The molecule has 0 saturated carbocycles. The van der Waals surface area contributed by atoms with Crippen molar-refractivity contribution in [1.82, 2.24) is 0 Å². The Morgan fingerprint density at radius 1 is 0.944 bits per heavy atom. The zero-order chi connectivity index (χ0) is 13.3. The highest BCUT2D eigenvalue weighted by molar-refractivity contribution is 6.42. The molecular weight excluding hydrogens is 289 g/mol. The third-order valence-electron chi connectivity index (χ3n) is 2.88. The highest BCUT2D eigenvalue weighted by Gasteiger charge is 2.13. The predicted octanol–water partition coefficient (Wildman–Crippen LogP) is 5.00. The lowest BCUT2D eigenvalue weighted by molar-refractivity contribution is 0.862. The molecule has 0 fully saturated rings. The lowest BCUT2D eigenvalue weighted by Crippen LogP contribution is -2.13. The maximum atomic E-state index is 6.24. The van der Waals surface area contributed by atoms with E-state index in [1.807, 2.05) is 31.2 Å². The molecule has 2 rings (SSSR count). The third-order valence-corrected chi connectivity index (χ3v) is 3.85. The Morgan fingerprint density at radius 2 is 1.67 bits per heavy atom. The van der Waals surface area contributed by atoms with Crippen molar-refractivity contribution < 1.29 is 0 Å². The number of aryl methyl sites for hydroxylation is 1. The van der Waals surface area contributed by atoms with Gasteiger partial charge in [-0.05, 0) is 47.9 Å². The number of halogens is 3. The minimum Gasteiger partial charge on any atom is -0.320 e. The molecule has 1 atom stereocenters. The molecule has 0 heterocycles. The molecule has 2 aromatic rings. The molecule has 0 aliphatic carbocycles. The monoisotopic (exact) mass is 299 g/mol. The van der Waals surface area contributed by atoms with E-state index in [1.165, 1.54) is 0 Å². The molecule has 0 spiro atoms. The van der Waals surface area contributed by atoms with E-state index in [-0.39, 0.29) is 6.04 Å². The first kappa shape index (κ1) is 13.7. The van der Waals surface area contributed by atoms with Gasteiger partial charge >= 0.3 is 0 Å². The highest BCUT2D eigenvalue weighted by Crippen LogP contribution is 2.29. The number of benzene rings is 2. The third kappa shape index (κ3) is 2.81. The van der Waals surface area contributed by atoms with Gasteiger partial charge in [-0.3, -0.25) is 0 Å². The number of hydrogen-bond acceptors (Lipinski definition) is 1. The second-order valence-electron chi connectivity index (χ2n) is 4.15. The lowest BCUT2D eigenvalue weighted by atomic mass is 9.96. The zero-order valence-corrected chi connectivity index (χ0v) is 12.0. The Bertz CT molecular complexity index is 581. The van der Waals surface area contributed by atoms with Crippen molar-refractivity contribution in [1.29, 1.82) is 0 Å². The van der Waals surface area contributed by atoms with Crippen LogP contribution in [0.5, 0.6) is 0 Å². The summed E-state index contributed by atoms with van der Waals surface area (Å²) in [5, 5.41) is 1.70. The van der Waals surface area contributed by atoms with E-state index >= 15 is 0 Å². The molecule has 0 aromatic heterocycles. The van der Waals surface area contributed by atoms with E-state index in [9.17, 15) is 0 Å². The average Bonchev–Trinajstić information content (AvgIpc) is 2.35. The molecule has 94 valence electrons. The smallest absolute Gasteiger partial charge is 0.0595 e. The van der Waals surface area contributed by atoms with E-state index in [4.69, 9.17) is 40.5 Å². The first-order chi connectivity index (χ1) is 8.49. The maximum Gasteiger partial charge on any atom is 0.0595 e. The van der Waals surface area contributed by atoms with Gasteiger partial charge in [0.1, 0.15) is 0 Å². The number of rotatable bonds is 2. The SMILES string of the molecule is Cc1ccc(Cl)cc1C(N)c1ccc(Cl)c(Cl)c1. The molecule has 2 aromatic carbocycles. The first-order valence-corrected chi connectivity index (χ1v) is 6.59. The normalized spacial score (nSPS) is 12.5. The van der Waals surface area contributed by atoms with E-state index in [1.54, 1.807) is 12.1 Å². The molecule has 0 radical (unpaired) electrons. The van der Waals surface area contributed by atoms with Gasteiger partial charge in [0.15, 0.2) is 0 Å². The molecule has 1 unspecified atom stereocenters. The minimum absolute atomic E-state index is 0.265. The first-order valence-electron chi connectivity index (χ1n) is 5.45. The van der Waals surface area contributed by atoms with Crippen molar-refractivity contribution in [2.75, 3.05) is 0 Å². The summed E-state index contributed by atoms with van der Waals surface area (Å²) in [4.78, 5) is 0. The fourth-order valence-electron chi connectivity index (χ4n) is 1.83. The second-order valence-corrected chi connectivity index (χ2v) is 5.40. The van der Waals surface area contributed by atoms with Crippen molar-refractivity contribution in [2.24, 2.45) is 5.73 Å². The number of nitrogens with two attached hydrogens (primary N) is 1. The average molecular weight is 301 g/mol. The van der Waals surface area contributed by atoms with E-state index < -0.39 is 0 Å². The molecule has 0 aliphatic rings. The van der Waals surface area contributed by atoms with Gasteiger partial charge in [-0.15, -0.1) is 0 Å². The van der Waals surface area contributed by atoms with Crippen molar-refractivity contribution in [3.8, 4) is 0 Å². The van der Waals surface area contributed by atoms with Gasteiger partial charge in [-0.2, -0.15) is 0 Å². The van der Waals surface area contributed by atoms with Gasteiger partial charge in [0.2, 0.25) is 0 Å². The van der Waals surface area contributed by atoms with Crippen LogP contribution in [0, 0.1) is 6.92 Å². The zero-order valence-electron chi connectivity index (χ0n) is 9.75. The van der Waals surface area contributed by atoms with Crippen LogP contribution in [0.25, 0.3) is 0 Å². The quantitative estimate of drug-likeness (QED) is 0.829. The molecule has 18 heavy (non-hydrogen) atoms. The van der Waals surface area contributed by atoms with Crippen LogP contribution in [0.4, 0.5) is 0 Å². The van der Waals surface area contributed by atoms with Gasteiger partial charge in [0.25, 0.3) is 0 Å². The highest BCUT2D eigenvalue weighted by atomic mass is 35.5. The van der Waals surface area contributed by atoms with Crippen LogP contribution in [0.3, 0.4) is 0 Å². The predicted molar refractivity (Wildman–Crippen MR) is 78.7 cm³/mol. The van der Waals surface area contributed by atoms with Crippen molar-refractivity contribution in [2.45, 2.75) is 13.0 Å². The van der Waals surface area contributed by atoms with E-state index in [0.29, 0.717) is 15.1 Å². The minimum atomic E-state index is -0.265. The van der Waals surface area contributed by atoms with E-state index in [0.717, 1.165) is 16.7 Å². The van der Waals surface area contributed by atoms with Gasteiger partial charge in [0.05, 0.1) is 16.1 Å². The summed E-state index contributed by atoms with van der Waals surface area (Å²) in [6.07, 6.45) is 0. The van der Waals surface area contributed by atoms with Crippen LogP contribution >= 0.6 is 34.8 Å². The van der Waals surface area contributed by atoms with Gasteiger partial charge in [-0.25, -0.2) is 0 Å². The summed E-state index contributed by atoms with van der Waals surface area (Å²) < 4.78 is 0. The standard InChI is InChI=1S/C14H12Cl3N/c1-8-2-4-10(15)7-11(8)14(18)9-3-5-12(16)13(17)6-9/h2-7,14H,18H2,1H3. The lowest BCUT2D eigenvalue weighted by Gasteiger charge is -2.16. The van der Waals surface area contributed by atoms with Gasteiger partial charge in [0, 0.05) is 5.02 Å². The van der Waals surface area contributed by atoms with Crippen molar-refractivity contribution >= 4 is 34.8 Å². The van der Waals surface area contributed by atoms with Crippen LogP contribution in [-0.4, -0.2) is 0 Å². The van der Waals surface area contributed by atoms with E-state index in [2.05, 4.69) is 0 Å². The molecule has 1 nitrogen and oxygen atoms in total. The summed E-state index contributed by atoms with van der Waals surface area (Å²) in [6.45, 7) is 2.00. The van der Waals surface area contributed by atoms with Crippen LogP contribution in [0.15, 0.2) is 36.4 Å². The summed E-state index contributed by atoms with van der Waals surface area (Å²) in [5.41, 5.74) is 9.24. The fourth-order valence-corrected chi connectivity index (χ4v) is 2.32. The molecule has 0 amide bonds. The molecule has 0 aliphatic heterocycles.